The minimum absolute atomic E-state index is 0.0281. The van der Waals surface area contributed by atoms with Gasteiger partial charge in [-0.1, -0.05) is 31.5 Å². The van der Waals surface area contributed by atoms with Gasteiger partial charge in [-0.05, 0) is 55.7 Å². The van der Waals surface area contributed by atoms with E-state index in [9.17, 15) is 27.6 Å². The number of unbranched alkanes of at least 4 members (excludes halogenated alkanes) is 1. The topological polar surface area (TPSA) is 109 Å². The van der Waals surface area contributed by atoms with E-state index in [0.29, 0.717) is 17.8 Å². The number of alkyl halides is 4. The van der Waals surface area contributed by atoms with Crippen LogP contribution in [0.3, 0.4) is 0 Å². The van der Waals surface area contributed by atoms with Crippen molar-refractivity contribution in [2.75, 3.05) is 11.9 Å². The quantitative estimate of drug-likeness (QED) is 0.100. The van der Waals surface area contributed by atoms with Crippen molar-refractivity contribution in [2.24, 2.45) is 5.10 Å². The number of aryl methyl sites for hydroxylation is 1. The Hall–Kier alpha value is -4.81. The zero-order chi connectivity index (χ0) is 32.8. The lowest BCUT2D eigenvalue weighted by atomic mass is 10.1. The minimum atomic E-state index is -4.49. The van der Waals surface area contributed by atoms with Crippen LogP contribution in [0.4, 0.5) is 23.2 Å². The van der Waals surface area contributed by atoms with Gasteiger partial charge >= 0.3 is 6.18 Å². The number of hydrogen-bond acceptors (Lipinski definition) is 6. The van der Waals surface area contributed by atoms with Crippen LogP contribution < -0.4 is 16.2 Å². The molecule has 13 heteroatoms. The number of hydrogen-bond donors (Lipinski definition) is 2. The molecule has 2 N–H and O–H groups in total. The first-order valence-corrected chi connectivity index (χ1v) is 14.4. The first-order chi connectivity index (χ1) is 21.4. The molecule has 2 aromatic heterocycles. The zero-order valence-electron chi connectivity index (χ0n) is 25.1. The van der Waals surface area contributed by atoms with Gasteiger partial charge in [0.1, 0.15) is 6.17 Å². The van der Waals surface area contributed by atoms with E-state index in [1.807, 2.05) is 6.92 Å². The lowest BCUT2D eigenvalue weighted by molar-refractivity contribution is -0.137. The van der Waals surface area contributed by atoms with Crippen LogP contribution in [0.25, 0.3) is 0 Å². The molecule has 0 radical (unpaired) electrons. The van der Waals surface area contributed by atoms with Crippen LogP contribution in [-0.2, 0) is 35.3 Å². The predicted octanol–water partition coefficient (Wildman–Crippen LogP) is 5.48. The number of carbonyl (C=O) groups is 2. The second-order valence-electron chi connectivity index (χ2n) is 10.3. The molecule has 1 atom stereocenters. The second kappa shape index (κ2) is 16.9. The van der Waals surface area contributed by atoms with Gasteiger partial charge in [0.2, 0.25) is 11.8 Å². The highest BCUT2D eigenvalue weighted by atomic mass is 19.4. The first-order valence-electron chi connectivity index (χ1n) is 14.4. The van der Waals surface area contributed by atoms with E-state index in [0.717, 1.165) is 18.6 Å². The molecule has 3 aromatic rings. The number of amides is 2. The number of benzene rings is 1. The molecule has 2 amide bonds. The molecule has 2 heterocycles. The predicted molar refractivity (Wildman–Crippen MR) is 164 cm³/mol. The Bertz CT molecular complexity index is 1540. The van der Waals surface area contributed by atoms with Gasteiger partial charge in [0.25, 0.3) is 5.56 Å². The molecule has 0 bridgehead atoms. The number of anilines is 1. The van der Waals surface area contributed by atoms with Crippen LogP contribution in [0.5, 0.6) is 0 Å². The Morgan fingerprint density at radius 1 is 1.13 bits per heavy atom. The fourth-order valence-electron chi connectivity index (χ4n) is 4.10. The lowest BCUT2D eigenvalue weighted by Crippen LogP contribution is -2.28. The van der Waals surface area contributed by atoms with Crippen LogP contribution >= 0.6 is 0 Å². The van der Waals surface area contributed by atoms with Gasteiger partial charge in [0, 0.05) is 60.9 Å². The average molecular weight is 629 g/mol. The highest BCUT2D eigenvalue weighted by Gasteiger charge is 2.30. The largest absolute Gasteiger partial charge is 0.416 e. The minimum Gasteiger partial charge on any atom is -0.348 e. The summed E-state index contributed by atoms with van der Waals surface area (Å²) in [7, 11) is 0. The number of hydrazone groups is 1. The van der Waals surface area contributed by atoms with Crippen LogP contribution in [0, 0.1) is 0 Å². The highest BCUT2D eigenvalue weighted by Crippen LogP contribution is 2.29. The summed E-state index contributed by atoms with van der Waals surface area (Å²) in [4.78, 5) is 41.6. The number of carbonyl (C=O) groups excluding carboxylic acids is 2. The Balaban J connectivity index is 1.56. The summed E-state index contributed by atoms with van der Waals surface area (Å²) >= 11 is 0. The van der Waals surface area contributed by atoms with Gasteiger partial charge in [-0.25, -0.2) is 4.39 Å². The Morgan fingerprint density at radius 2 is 1.93 bits per heavy atom. The third kappa shape index (κ3) is 12.0. The smallest absolute Gasteiger partial charge is 0.348 e. The normalized spacial score (nSPS) is 12.6. The zero-order valence-corrected chi connectivity index (χ0v) is 25.1. The maximum atomic E-state index is 15.1. The van der Waals surface area contributed by atoms with Gasteiger partial charge in [-0.2, -0.15) is 18.3 Å². The molecular weight excluding hydrogens is 592 g/mol. The van der Waals surface area contributed by atoms with Crippen molar-refractivity contribution >= 4 is 23.7 Å². The van der Waals surface area contributed by atoms with E-state index in [1.54, 1.807) is 36.7 Å². The van der Waals surface area contributed by atoms with E-state index in [2.05, 4.69) is 20.7 Å². The number of nitrogens with zero attached hydrogens (tertiary/aromatic N) is 4. The fraction of sp³-hybridized carbons (Fsp3) is 0.344. The van der Waals surface area contributed by atoms with Crippen LogP contribution in [0.2, 0.25) is 0 Å². The monoisotopic (exact) mass is 628 g/mol. The average Bonchev–Trinajstić information content (AvgIpc) is 2.99. The van der Waals surface area contributed by atoms with E-state index in [-0.39, 0.29) is 49.5 Å². The van der Waals surface area contributed by atoms with Crippen molar-refractivity contribution in [3.8, 4) is 0 Å². The highest BCUT2D eigenvalue weighted by molar-refractivity contribution is 5.92. The molecule has 0 saturated heterocycles. The Kier molecular flexibility index (Phi) is 13.0. The van der Waals surface area contributed by atoms with Crippen molar-refractivity contribution in [2.45, 2.75) is 65.0 Å². The molecular formula is C32H36F4N6O3. The van der Waals surface area contributed by atoms with E-state index < -0.39 is 29.4 Å². The fourth-order valence-corrected chi connectivity index (χ4v) is 4.10. The molecule has 9 nitrogen and oxygen atoms in total. The lowest BCUT2D eigenvalue weighted by Gasteiger charge is -2.19. The number of aromatic nitrogens is 2. The van der Waals surface area contributed by atoms with Crippen molar-refractivity contribution in [3.05, 3.63) is 106 Å². The summed E-state index contributed by atoms with van der Waals surface area (Å²) in [6.07, 6.45) is 1.56. The number of halogens is 4. The summed E-state index contributed by atoms with van der Waals surface area (Å²) in [5.41, 5.74) is 0.142. The Labute approximate surface area is 258 Å². The maximum Gasteiger partial charge on any atom is 0.416 e. The number of pyridine rings is 2. The second-order valence-corrected chi connectivity index (χ2v) is 10.3. The molecule has 3 rings (SSSR count). The van der Waals surface area contributed by atoms with Crippen molar-refractivity contribution in [1.29, 1.82) is 0 Å². The molecule has 1 aromatic carbocycles. The van der Waals surface area contributed by atoms with Crippen molar-refractivity contribution in [1.82, 2.24) is 19.9 Å². The number of rotatable bonds is 15. The molecule has 240 valence electrons. The van der Waals surface area contributed by atoms with Gasteiger partial charge in [-0.3, -0.25) is 24.4 Å². The maximum absolute atomic E-state index is 15.1. The molecule has 0 aliphatic heterocycles. The van der Waals surface area contributed by atoms with Crippen LogP contribution in [0.15, 0.2) is 88.7 Å². The molecule has 0 saturated carbocycles. The van der Waals surface area contributed by atoms with Gasteiger partial charge in [0.15, 0.2) is 0 Å². The summed E-state index contributed by atoms with van der Waals surface area (Å²) in [6.45, 7) is 3.18. The summed E-state index contributed by atoms with van der Waals surface area (Å²) in [5.74, 6) is -0.872. The van der Waals surface area contributed by atoms with E-state index >= 15 is 4.39 Å². The third-order valence-electron chi connectivity index (χ3n) is 6.47. The SMILES string of the molecule is CCC/C=N/N(/C=C(\C)C(=O)NCc1cccc(C(F)(F)F)c1)CC(F)CCn1ccc(NC(=O)Cc2ccccn2)cc1=O. The third-order valence-corrected chi connectivity index (χ3v) is 6.47. The molecule has 1 unspecified atom stereocenters. The summed E-state index contributed by atoms with van der Waals surface area (Å²) in [5, 5.41) is 10.8. The van der Waals surface area contributed by atoms with Crippen LogP contribution in [0.1, 0.15) is 49.9 Å². The molecule has 0 fully saturated rings. The molecule has 45 heavy (non-hydrogen) atoms. The number of nitrogens with one attached hydrogen (secondary N) is 2. The molecule has 0 aliphatic carbocycles. The van der Waals surface area contributed by atoms with Crippen molar-refractivity contribution in [3.63, 3.8) is 0 Å². The van der Waals surface area contributed by atoms with E-state index in [1.165, 1.54) is 47.1 Å². The standard InChI is InChI=1S/C32H36F4N6O3/c1-3-4-14-39-42(21-23(2)31(45)38-20-24-8-7-9-25(17-24)32(34,35)36)22-26(33)11-15-41-16-12-28(19-30(41)44)40-29(43)18-27-10-5-6-13-37-27/h5-10,12-14,16-17,19,21,26H,3-4,11,15,18,20,22H2,1-2H3,(H,38,45)(H,40,43)/b23-21+,39-14+. The molecule has 0 spiro atoms. The summed E-state index contributed by atoms with van der Waals surface area (Å²) < 4.78 is 55.4. The van der Waals surface area contributed by atoms with Crippen molar-refractivity contribution < 1.29 is 27.2 Å². The first kappa shape index (κ1) is 34.7. The van der Waals surface area contributed by atoms with Gasteiger partial charge in [0.05, 0.1) is 18.5 Å². The van der Waals surface area contributed by atoms with E-state index in [4.69, 9.17) is 0 Å². The summed E-state index contributed by atoms with van der Waals surface area (Å²) in [6, 6.07) is 12.7. The Morgan fingerprint density at radius 3 is 2.62 bits per heavy atom. The van der Waals surface area contributed by atoms with Gasteiger partial charge < -0.3 is 15.2 Å². The molecule has 0 aliphatic rings. The van der Waals surface area contributed by atoms with Gasteiger partial charge in [-0.15, -0.1) is 0 Å². The van der Waals surface area contributed by atoms with Crippen LogP contribution in [-0.4, -0.2) is 45.3 Å².